The molecule has 2 aromatic rings. The van der Waals surface area contributed by atoms with E-state index in [2.05, 4.69) is 15.4 Å². The molecule has 23 heavy (non-hydrogen) atoms. The molecule has 2 N–H and O–H groups in total. The molecule has 7 nitrogen and oxygen atoms in total. The Bertz CT molecular complexity index is 668. The molecule has 0 aliphatic heterocycles. The van der Waals surface area contributed by atoms with Crippen molar-refractivity contribution in [3.05, 3.63) is 42.4 Å². The number of nitrogens with one attached hydrogen (secondary N) is 1. The highest BCUT2D eigenvalue weighted by atomic mass is 16.4. The fourth-order valence-electron chi connectivity index (χ4n) is 2.23. The summed E-state index contributed by atoms with van der Waals surface area (Å²) in [6, 6.07) is 6.79. The van der Waals surface area contributed by atoms with E-state index in [4.69, 9.17) is 0 Å². The SMILES string of the molecule is CC(C)CC(CNC(=O)c1cccc(-n2cccn2)n1)C(=O)O. The van der Waals surface area contributed by atoms with E-state index < -0.39 is 17.8 Å². The van der Waals surface area contributed by atoms with Crippen molar-refractivity contribution in [1.29, 1.82) is 0 Å². The van der Waals surface area contributed by atoms with Gasteiger partial charge in [-0.1, -0.05) is 19.9 Å². The van der Waals surface area contributed by atoms with Gasteiger partial charge in [-0.2, -0.15) is 5.10 Å². The van der Waals surface area contributed by atoms with Crippen molar-refractivity contribution in [3.8, 4) is 5.82 Å². The van der Waals surface area contributed by atoms with Gasteiger partial charge >= 0.3 is 5.97 Å². The fourth-order valence-corrected chi connectivity index (χ4v) is 2.23. The molecule has 1 amide bonds. The molecule has 7 heteroatoms. The number of carbonyl (C=O) groups is 2. The van der Waals surface area contributed by atoms with Gasteiger partial charge in [0, 0.05) is 18.9 Å². The van der Waals surface area contributed by atoms with Gasteiger partial charge in [0.25, 0.3) is 5.91 Å². The molecule has 2 heterocycles. The molecular formula is C16H20N4O3. The van der Waals surface area contributed by atoms with Crippen LogP contribution in [0.25, 0.3) is 5.82 Å². The summed E-state index contributed by atoms with van der Waals surface area (Å²) in [7, 11) is 0. The van der Waals surface area contributed by atoms with Crippen LogP contribution >= 0.6 is 0 Å². The number of rotatable bonds is 7. The Kier molecular flexibility index (Phi) is 5.46. The van der Waals surface area contributed by atoms with Crippen molar-refractivity contribution >= 4 is 11.9 Å². The molecule has 0 aromatic carbocycles. The highest BCUT2D eigenvalue weighted by Gasteiger charge is 2.20. The third kappa shape index (κ3) is 4.64. The minimum Gasteiger partial charge on any atom is -0.481 e. The summed E-state index contributed by atoms with van der Waals surface area (Å²) in [4.78, 5) is 27.6. The van der Waals surface area contributed by atoms with Crippen LogP contribution in [0.2, 0.25) is 0 Å². The Morgan fingerprint density at radius 2 is 2.09 bits per heavy atom. The van der Waals surface area contributed by atoms with Crippen LogP contribution in [0.4, 0.5) is 0 Å². The van der Waals surface area contributed by atoms with E-state index in [1.807, 2.05) is 13.8 Å². The zero-order valence-electron chi connectivity index (χ0n) is 13.1. The van der Waals surface area contributed by atoms with Gasteiger partial charge in [-0.3, -0.25) is 9.59 Å². The summed E-state index contributed by atoms with van der Waals surface area (Å²) in [5, 5.41) is 15.9. The monoisotopic (exact) mass is 316 g/mol. The first-order valence-electron chi connectivity index (χ1n) is 7.45. The average molecular weight is 316 g/mol. The Morgan fingerprint density at radius 3 is 2.70 bits per heavy atom. The van der Waals surface area contributed by atoms with Gasteiger partial charge in [-0.05, 0) is 30.5 Å². The zero-order chi connectivity index (χ0) is 16.8. The maximum absolute atomic E-state index is 12.2. The van der Waals surface area contributed by atoms with Gasteiger partial charge in [-0.15, -0.1) is 0 Å². The Morgan fingerprint density at radius 1 is 1.30 bits per heavy atom. The maximum atomic E-state index is 12.2. The lowest BCUT2D eigenvalue weighted by atomic mass is 9.97. The van der Waals surface area contributed by atoms with Crippen LogP contribution in [0.3, 0.4) is 0 Å². The summed E-state index contributed by atoms with van der Waals surface area (Å²) in [5.74, 6) is -1.13. The number of carboxylic acids is 1. The second-order valence-electron chi connectivity index (χ2n) is 5.71. The number of amides is 1. The second kappa shape index (κ2) is 7.53. The number of nitrogens with zero attached hydrogens (tertiary/aromatic N) is 3. The Labute approximate surface area is 134 Å². The largest absolute Gasteiger partial charge is 0.481 e. The quantitative estimate of drug-likeness (QED) is 0.811. The number of aromatic nitrogens is 3. The summed E-state index contributed by atoms with van der Waals surface area (Å²) in [5.41, 5.74) is 0.228. The molecule has 1 atom stereocenters. The number of hydrogen-bond donors (Lipinski definition) is 2. The van der Waals surface area contributed by atoms with Gasteiger partial charge < -0.3 is 10.4 Å². The number of pyridine rings is 1. The molecule has 0 aliphatic carbocycles. The number of hydrogen-bond acceptors (Lipinski definition) is 4. The average Bonchev–Trinajstić information content (AvgIpc) is 3.05. The lowest BCUT2D eigenvalue weighted by Crippen LogP contribution is -2.34. The lowest BCUT2D eigenvalue weighted by molar-refractivity contribution is -0.142. The van der Waals surface area contributed by atoms with Crippen molar-refractivity contribution in [2.45, 2.75) is 20.3 Å². The van der Waals surface area contributed by atoms with Crippen LogP contribution in [-0.2, 0) is 4.79 Å². The molecule has 2 rings (SSSR count). The molecule has 0 radical (unpaired) electrons. The van der Waals surface area contributed by atoms with Gasteiger partial charge in [0.15, 0.2) is 5.82 Å². The summed E-state index contributed by atoms with van der Waals surface area (Å²) in [6.45, 7) is 3.99. The predicted octanol–water partition coefficient (Wildman–Crippen LogP) is 1.74. The van der Waals surface area contributed by atoms with E-state index in [1.165, 1.54) is 0 Å². The summed E-state index contributed by atoms with van der Waals surface area (Å²) < 4.78 is 1.55. The highest BCUT2D eigenvalue weighted by Crippen LogP contribution is 2.11. The van der Waals surface area contributed by atoms with Gasteiger partial charge in [-0.25, -0.2) is 9.67 Å². The smallest absolute Gasteiger partial charge is 0.308 e. The molecule has 0 saturated heterocycles. The van der Waals surface area contributed by atoms with Crippen LogP contribution in [0.15, 0.2) is 36.7 Å². The minimum absolute atomic E-state index is 0.0834. The minimum atomic E-state index is -0.905. The first kappa shape index (κ1) is 16.7. The topological polar surface area (TPSA) is 97.1 Å². The number of carbonyl (C=O) groups excluding carboxylic acids is 1. The molecular weight excluding hydrogens is 296 g/mol. The van der Waals surface area contributed by atoms with Gasteiger partial charge in [0.2, 0.25) is 0 Å². The third-order valence-corrected chi connectivity index (χ3v) is 3.32. The molecule has 2 aromatic heterocycles. The van der Waals surface area contributed by atoms with Crippen LogP contribution in [0.5, 0.6) is 0 Å². The van der Waals surface area contributed by atoms with Crippen LogP contribution in [0, 0.1) is 11.8 Å². The van der Waals surface area contributed by atoms with E-state index in [0.717, 1.165) is 0 Å². The van der Waals surface area contributed by atoms with Crippen molar-refractivity contribution in [1.82, 2.24) is 20.1 Å². The molecule has 0 fully saturated rings. The van der Waals surface area contributed by atoms with Crippen molar-refractivity contribution in [2.24, 2.45) is 11.8 Å². The Balaban J connectivity index is 2.03. The van der Waals surface area contributed by atoms with Crippen molar-refractivity contribution in [3.63, 3.8) is 0 Å². The van der Waals surface area contributed by atoms with Crippen LogP contribution in [0.1, 0.15) is 30.8 Å². The van der Waals surface area contributed by atoms with E-state index in [0.29, 0.717) is 12.2 Å². The predicted molar refractivity (Wildman–Crippen MR) is 84.3 cm³/mol. The van der Waals surface area contributed by atoms with Crippen LogP contribution in [-0.4, -0.2) is 38.3 Å². The molecule has 122 valence electrons. The third-order valence-electron chi connectivity index (χ3n) is 3.32. The molecule has 0 spiro atoms. The van der Waals surface area contributed by atoms with E-state index in [-0.39, 0.29) is 18.2 Å². The second-order valence-corrected chi connectivity index (χ2v) is 5.71. The molecule has 0 aliphatic rings. The van der Waals surface area contributed by atoms with Gasteiger partial charge in [0.1, 0.15) is 5.69 Å². The molecule has 0 bridgehead atoms. The number of carboxylic acid groups (broad SMARTS) is 1. The Hall–Kier alpha value is -2.70. The first-order valence-corrected chi connectivity index (χ1v) is 7.45. The lowest BCUT2D eigenvalue weighted by Gasteiger charge is -2.15. The van der Waals surface area contributed by atoms with Gasteiger partial charge in [0.05, 0.1) is 5.92 Å². The van der Waals surface area contributed by atoms with E-state index in [1.54, 1.807) is 41.3 Å². The fraction of sp³-hybridized carbons (Fsp3) is 0.375. The maximum Gasteiger partial charge on any atom is 0.308 e. The van der Waals surface area contributed by atoms with Crippen molar-refractivity contribution in [2.75, 3.05) is 6.54 Å². The van der Waals surface area contributed by atoms with Crippen LogP contribution < -0.4 is 5.32 Å². The number of aliphatic carboxylic acids is 1. The van der Waals surface area contributed by atoms with E-state index in [9.17, 15) is 14.7 Å². The van der Waals surface area contributed by atoms with E-state index >= 15 is 0 Å². The molecule has 1 unspecified atom stereocenters. The first-order chi connectivity index (χ1) is 11.0. The standard InChI is InChI=1S/C16H20N4O3/c1-11(2)9-12(16(22)23)10-17-15(21)13-5-3-6-14(19-13)20-8-4-7-18-20/h3-8,11-12H,9-10H2,1-2H3,(H,17,21)(H,22,23). The highest BCUT2D eigenvalue weighted by molar-refractivity contribution is 5.92. The normalized spacial score (nSPS) is 12.1. The summed E-state index contributed by atoms with van der Waals surface area (Å²) in [6.07, 6.45) is 3.86. The zero-order valence-corrected chi connectivity index (χ0v) is 13.1. The van der Waals surface area contributed by atoms with Crippen molar-refractivity contribution < 1.29 is 14.7 Å². The summed E-state index contributed by atoms with van der Waals surface area (Å²) >= 11 is 0. The molecule has 0 saturated carbocycles.